The van der Waals surface area contributed by atoms with E-state index in [2.05, 4.69) is 55.4 Å². The van der Waals surface area contributed by atoms with Crippen LogP contribution >= 0.6 is 0 Å². The molecule has 96 valence electrons. The Kier molecular flexibility index (Phi) is 4.03. The van der Waals surface area contributed by atoms with Crippen molar-refractivity contribution in [2.75, 3.05) is 12.0 Å². The molecule has 0 saturated heterocycles. The van der Waals surface area contributed by atoms with Gasteiger partial charge in [0.15, 0.2) is 5.82 Å². The predicted octanol–water partition coefficient (Wildman–Crippen LogP) is 3.45. The molecule has 3 heteroatoms. The van der Waals surface area contributed by atoms with Crippen LogP contribution in [0.3, 0.4) is 0 Å². The molecule has 3 nitrogen and oxygen atoms in total. The van der Waals surface area contributed by atoms with Crippen LogP contribution in [0.25, 0.3) is 11.4 Å². The second kappa shape index (κ2) is 5.71. The Hall–Kier alpha value is -1.77. The summed E-state index contributed by atoms with van der Waals surface area (Å²) in [6.07, 6.45) is 4.97. The number of hydrogen-bond donors (Lipinski definition) is 1. The molecule has 1 heterocycles. The number of nitrogens with zero attached hydrogens (tertiary/aromatic N) is 2. The molecule has 1 N–H and O–H groups in total. The van der Waals surface area contributed by atoms with Gasteiger partial charge in [-0.05, 0) is 24.8 Å². The van der Waals surface area contributed by atoms with Gasteiger partial charge in [-0.2, -0.15) is 0 Å². The largest absolute Gasteiger partial charge is 0.324 e. The van der Waals surface area contributed by atoms with E-state index in [0.29, 0.717) is 5.92 Å². The molecule has 18 heavy (non-hydrogen) atoms. The molecule has 0 atom stereocenters. The van der Waals surface area contributed by atoms with E-state index in [9.17, 15) is 0 Å². The van der Waals surface area contributed by atoms with Crippen molar-refractivity contribution in [3.63, 3.8) is 0 Å². The molecule has 0 bridgehead atoms. The molecule has 0 radical (unpaired) electrons. The van der Waals surface area contributed by atoms with Crippen molar-refractivity contribution in [2.45, 2.75) is 27.2 Å². The van der Waals surface area contributed by atoms with Crippen molar-refractivity contribution in [3.05, 3.63) is 42.2 Å². The minimum atomic E-state index is 0.711. The average Bonchev–Trinajstić information content (AvgIpc) is 2.77. The summed E-state index contributed by atoms with van der Waals surface area (Å²) < 4.78 is 2.02. The van der Waals surface area contributed by atoms with Crippen LogP contribution in [0, 0.1) is 12.8 Å². The van der Waals surface area contributed by atoms with Gasteiger partial charge in [-0.1, -0.05) is 38.1 Å². The van der Waals surface area contributed by atoms with Crippen molar-refractivity contribution >= 4 is 0 Å². The number of aryl methyl sites for hydroxylation is 1. The number of nitrogens with one attached hydrogen (secondary N) is 1. The Bertz CT molecular complexity index is 500. The second-order valence-electron chi connectivity index (χ2n) is 5.03. The Morgan fingerprint density at radius 3 is 2.78 bits per heavy atom. The molecule has 0 aliphatic heterocycles. The van der Waals surface area contributed by atoms with Crippen LogP contribution in [0.15, 0.2) is 36.7 Å². The van der Waals surface area contributed by atoms with Crippen molar-refractivity contribution in [2.24, 2.45) is 5.92 Å². The van der Waals surface area contributed by atoms with Gasteiger partial charge in [0.2, 0.25) is 0 Å². The number of hydrogen-bond acceptors (Lipinski definition) is 2. The number of imidazole rings is 1. The molecule has 0 spiro atoms. The van der Waals surface area contributed by atoms with E-state index in [4.69, 9.17) is 0 Å². The lowest BCUT2D eigenvalue weighted by atomic mass is 10.1. The van der Waals surface area contributed by atoms with Crippen molar-refractivity contribution in [1.29, 1.82) is 0 Å². The van der Waals surface area contributed by atoms with Crippen molar-refractivity contribution in [3.8, 4) is 11.4 Å². The smallest absolute Gasteiger partial charge is 0.158 e. The van der Waals surface area contributed by atoms with Crippen LogP contribution < -0.4 is 5.43 Å². The molecule has 1 aromatic heterocycles. The monoisotopic (exact) mass is 243 g/mol. The first kappa shape index (κ1) is 12.7. The van der Waals surface area contributed by atoms with Crippen molar-refractivity contribution < 1.29 is 0 Å². The Morgan fingerprint density at radius 2 is 2.06 bits per heavy atom. The highest BCUT2D eigenvalue weighted by atomic mass is 15.4. The van der Waals surface area contributed by atoms with E-state index in [-0.39, 0.29) is 0 Å². The van der Waals surface area contributed by atoms with E-state index in [1.807, 2.05) is 17.1 Å². The fourth-order valence-electron chi connectivity index (χ4n) is 1.93. The Balaban J connectivity index is 2.15. The number of rotatable bonds is 5. The highest BCUT2D eigenvalue weighted by molar-refractivity contribution is 5.60. The third kappa shape index (κ3) is 2.92. The van der Waals surface area contributed by atoms with Gasteiger partial charge in [0, 0.05) is 24.5 Å². The summed E-state index contributed by atoms with van der Waals surface area (Å²) in [5, 5.41) is 0. The van der Waals surface area contributed by atoms with E-state index >= 15 is 0 Å². The molecule has 0 unspecified atom stereocenters. The highest BCUT2D eigenvalue weighted by Crippen LogP contribution is 2.20. The SMILES string of the molecule is Cc1ccccc1-c1nccn1NCCC(C)C. The van der Waals surface area contributed by atoms with Gasteiger partial charge in [0.1, 0.15) is 0 Å². The maximum absolute atomic E-state index is 4.45. The third-order valence-corrected chi connectivity index (χ3v) is 3.03. The van der Waals surface area contributed by atoms with Crippen LogP contribution in [0.1, 0.15) is 25.8 Å². The van der Waals surface area contributed by atoms with Gasteiger partial charge < -0.3 is 5.43 Å². The van der Waals surface area contributed by atoms with Gasteiger partial charge in [0.25, 0.3) is 0 Å². The van der Waals surface area contributed by atoms with Gasteiger partial charge in [-0.3, -0.25) is 0 Å². The van der Waals surface area contributed by atoms with Gasteiger partial charge >= 0.3 is 0 Å². The summed E-state index contributed by atoms with van der Waals surface area (Å²) in [4.78, 5) is 4.45. The first-order valence-corrected chi connectivity index (χ1v) is 6.51. The fourth-order valence-corrected chi connectivity index (χ4v) is 1.93. The Labute approximate surface area is 109 Å². The maximum atomic E-state index is 4.45. The normalized spacial score (nSPS) is 10.9. The molecule has 1 aromatic carbocycles. The average molecular weight is 243 g/mol. The molecule has 0 saturated carbocycles. The molecular weight excluding hydrogens is 222 g/mol. The van der Waals surface area contributed by atoms with E-state index in [1.165, 1.54) is 11.1 Å². The Morgan fingerprint density at radius 1 is 1.28 bits per heavy atom. The van der Waals surface area contributed by atoms with Crippen LogP contribution in [0.5, 0.6) is 0 Å². The molecule has 2 rings (SSSR count). The molecular formula is C15H21N3. The summed E-state index contributed by atoms with van der Waals surface area (Å²) in [5.41, 5.74) is 5.83. The molecule has 0 fully saturated rings. The van der Waals surface area contributed by atoms with E-state index < -0.39 is 0 Å². The van der Waals surface area contributed by atoms with E-state index in [0.717, 1.165) is 18.8 Å². The highest BCUT2D eigenvalue weighted by Gasteiger charge is 2.07. The quantitative estimate of drug-likeness (QED) is 0.871. The lowest BCUT2D eigenvalue weighted by Crippen LogP contribution is -2.17. The third-order valence-electron chi connectivity index (χ3n) is 3.03. The minimum absolute atomic E-state index is 0.711. The summed E-state index contributed by atoms with van der Waals surface area (Å²) in [6, 6.07) is 8.33. The first-order valence-electron chi connectivity index (χ1n) is 6.51. The summed E-state index contributed by atoms with van der Waals surface area (Å²) >= 11 is 0. The molecule has 0 amide bonds. The van der Waals surface area contributed by atoms with Gasteiger partial charge in [-0.15, -0.1) is 0 Å². The van der Waals surface area contributed by atoms with Gasteiger partial charge in [0.05, 0.1) is 0 Å². The summed E-state index contributed by atoms with van der Waals surface area (Å²) in [7, 11) is 0. The number of aromatic nitrogens is 2. The maximum Gasteiger partial charge on any atom is 0.158 e. The topological polar surface area (TPSA) is 29.9 Å². The van der Waals surface area contributed by atoms with Crippen LogP contribution in [-0.4, -0.2) is 16.2 Å². The van der Waals surface area contributed by atoms with Crippen LogP contribution in [0.4, 0.5) is 0 Å². The minimum Gasteiger partial charge on any atom is -0.324 e. The van der Waals surface area contributed by atoms with Crippen molar-refractivity contribution in [1.82, 2.24) is 9.66 Å². The molecule has 0 aliphatic carbocycles. The second-order valence-corrected chi connectivity index (χ2v) is 5.03. The lowest BCUT2D eigenvalue weighted by Gasteiger charge is -2.13. The van der Waals surface area contributed by atoms with Crippen LogP contribution in [-0.2, 0) is 0 Å². The van der Waals surface area contributed by atoms with E-state index in [1.54, 1.807) is 0 Å². The standard InChI is InChI=1S/C15H21N3/c1-12(2)8-9-17-18-11-10-16-15(18)14-7-5-4-6-13(14)3/h4-7,10-12,17H,8-9H2,1-3H3. The van der Waals surface area contributed by atoms with Gasteiger partial charge in [-0.25, -0.2) is 9.66 Å². The zero-order valence-corrected chi connectivity index (χ0v) is 11.4. The first-order chi connectivity index (χ1) is 8.68. The number of benzene rings is 1. The van der Waals surface area contributed by atoms with Crippen LogP contribution in [0.2, 0.25) is 0 Å². The predicted molar refractivity (Wildman–Crippen MR) is 76.1 cm³/mol. The summed E-state index contributed by atoms with van der Waals surface area (Å²) in [5.74, 6) is 1.69. The lowest BCUT2D eigenvalue weighted by molar-refractivity contribution is 0.589. The zero-order chi connectivity index (χ0) is 13.0. The summed E-state index contributed by atoms with van der Waals surface area (Å²) in [6.45, 7) is 7.55. The molecule has 2 aromatic rings. The molecule has 0 aliphatic rings. The fraction of sp³-hybridized carbons (Fsp3) is 0.400. The zero-order valence-electron chi connectivity index (χ0n) is 11.4.